The Morgan fingerprint density at radius 1 is 1.04 bits per heavy atom. The smallest absolute Gasteiger partial charge is 0.244 e. The predicted octanol–water partition coefficient (Wildman–Crippen LogP) is 3.32. The van der Waals surface area contributed by atoms with Gasteiger partial charge in [0, 0.05) is 18.7 Å². The van der Waals surface area contributed by atoms with Crippen LogP contribution in [0.3, 0.4) is 0 Å². The van der Waals surface area contributed by atoms with Gasteiger partial charge in [-0.3, -0.25) is 4.90 Å². The first kappa shape index (κ1) is 16.8. The molecule has 134 valence electrons. The standard InChI is InChI=1S/C19H17F2N3O2/c20-14-5-1-12(2-6-14)10-24-11-16(25)9-17(24)19-22-18(23-26-19)13-3-7-15(21)8-4-13/h1-8,16-17,25H,9-11H2. The van der Waals surface area contributed by atoms with E-state index in [1.807, 2.05) is 4.90 Å². The molecule has 1 saturated heterocycles. The lowest BCUT2D eigenvalue weighted by molar-refractivity contribution is 0.169. The zero-order valence-electron chi connectivity index (χ0n) is 13.8. The summed E-state index contributed by atoms with van der Waals surface area (Å²) in [6, 6.07) is 11.9. The molecule has 1 fully saturated rings. The van der Waals surface area contributed by atoms with Gasteiger partial charge in [0.1, 0.15) is 11.6 Å². The molecule has 2 unspecified atom stereocenters. The minimum Gasteiger partial charge on any atom is -0.392 e. The monoisotopic (exact) mass is 357 g/mol. The lowest BCUT2D eigenvalue weighted by Crippen LogP contribution is -2.24. The van der Waals surface area contributed by atoms with Crippen LogP contribution in [0.5, 0.6) is 0 Å². The van der Waals surface area contributed by atoms with Gasteiger partial charge >= 0.3 is 0 Å². The molecule has 0 bridgehead atoms. The maximum absolute atomic E-state index is 13.1. The maximum atomic E-state index is 13.1. The summed E-state index contributed by atoms with van der Waals surface area (Å²) < 4.78 is 31.5. The highest BCUT2D eigenvalue weighted by Gasteiger charge is 2.35. The number of benzene rings is 2. The van der Waals surface area contributed by atoms with E-state index in [0.717, 1.165) is 5.56 Å². The van der Waals surface area contributed by atoms with Crippen LogP contribution >= 0.6 is 0 Å². The van der Waals surface area contributed by atoms with Gasteiger partial charge in [0.15, 0.2) is 0 Å². The molecule has 2 aromatic carbocycles. The van der Waals surface area contributed by atoms with E-state index in [1.165, 1.54) is 24.3 Å². The third kappa shape index (κ3) is 3.49. The van der Waals surface area contributed by atoms with Crippen LogP contribution in [0.25, 0.3) is 11.4 Å². The molecule has 0 spiro atoms. The number of hydrogen-bond donors (Lipinski definition) is 1. The molecule has 0 aliphatic carbocycles. The molecule has 2 atom stereocenters. The van der Waals surface area contributed by atoms with E-state index in [2.05, 4.69) is 10.1 Å². The molecule has 4 rings (SSSR count). The zero-order valence-corrected chi connectivity index (χ0v) is 13.8. The van der Waals surface area contributed by atoms with Crippen LogP contribution < -0.4 is 0 Å². The van der Waals surface area contributed by atoms with Crippen molar-refractivity contribution in [3.05, 3.63) is 71.6 Å². The van der Waals surface area contributed by atoms with E-state index in [4.69, 9.17) is 4.52 Å². The van der Waals surface area contributed by atoms with Gasteiger partial charge in [0.25, 0.3) is 0 Å². The molecule has 1 aliphatic rings. The number of nitrogens with zero attached hydrogens (tertiary/aromatic N) is 3. The summed E-state index contributed by atoms with van der Waals surface area (Å²) in [5.41, 5.74) is 1.59. The molecular weight excluding hydrogens is 340 g/mol. The molecular formula is C19H17F2N3O2. The molecule has 1 N–H and O–H groups in total. The van der Waals surface area contributed by atoms with Gasteiger partial charge in [-0.25, -0.2) is 8.78 Å². The zero-order chi connectivity index (χ0) is 18.1. The van der Waals surface area contributed by atoms with Crippen LogP contribution in [0.1, 0.15) is 23.9 Å². The Balaban J connectivity index is 1.55. The molecule has 0 radical (unpaired) electrons. The van der Waals surface area contributed by atoms with Gasteiger partial charge in [-0.05, 0) is 48.4 Å². The maximum Gasteiger partial charge on any atom is 0.244 e. The van der Waals surface area contributed by atoms with Crippen LogP contribution in [0.15, 0.2) is 53.1 Å². The number of aliphatic hydroxyl groups excluding tert-OH is 1. The third-order valence-corrected chi connectivity index (χ3v) is 4.51. The Hall–Kier alpha value is -2.64. The lowest BCUT2D eigenvalue weighted by Gasteiger charge is -2.21. The van der Waals surface area contributed by atoms with Crippen molar-refractivity contribution in [1.29, 1.82) is 0 Å². The van der Waals surface area contributed by atoms with Gasteiger partial charge in [-0.15, -0.1) is 0 Å². The molecule has 0 amide bonds. The second-order valence-corrected chi connectivity index (χ2v) is 6.42. The van der Waals surface area contributed by atoms with E-state index < -0.39 is 6.10 Å². The summed E-state index contributed by atoms with van der Waals surface area (Å²) >= 11 is 0. The Morgan fingerprint density at radius 3 is 2.38 bits per heavy atom. The first-order valence-corrected chi connectivity index (χ1v) is 8.34. The van der Waals surface area contributed by atoms with E-state index in [9.17, 15) is 13.9 Å². The van der Waals surface area contributed by atoms with Crippen molar-refractivity contribution in [3.63, 3.8) is 0 Å². The molecule has 5 nitrogen and oxygen atoms in total. The number of aliphatic hydroxyl groups is 1. The number of hydrogen-bond acceptors (Lipinski definition) is 5. The molecule has 7 heteroatoms. The van der Waals surface area contributed by atoms with Crippen molar-refractivity contribution < 1.29 is 18.4 Å². The fourth-order valence-electron chi connectivity index (χ4n) is 3.22. The SMILES string of the molecule is OC1CC(c2nc(-c3ccc(F)cc3)no2)N(Cc2ccc(F)cc2)C1. The number of β-amino-alcohol motifs (C(OH)–C–C–N with tert-alkyl or cyclic N) is 1. The first-order valence-electron chi connectivity index (χ1n) is 8.34. The van der Waals surface area contributed by atoms with Crippen LogP contribution in [-0.2, 0) is 6.54 Å². The second kappa shape index (κ2) is 6.93. The Labute approximate surface area is 148 Å². The Morgan fingerprint density at radius 2 is 1.69 bits per heavy atom. The summed E-state index contributed by atoms with van der Waals surface area (Å²) in [6.45, 7) is 1.01. The Kier molecular flexibility index (Phi) is 4.48. The highest BCUT2D eigenvalue weighted by molar-refractivity contribution is 5.53. The molecule has 2 heterocycles. The van der Waals surface area contributed by atoms with E-state index in [1.54, 1.807) is 24.3 Å². The topological polar surface area (TPSA) is 62.4 Å². The van der Waals surface area contributed by atoms with Gasteiger partial charge in [-0.1, -0.05) is 17.3 Å². The number of halogens is 2. The third-order valence-electron chi connectivity index (χ3n) is 4.51. The van der Waals surface area contributed by atoms with E-state index >= 15 is 0 Å². The van der Waals surface area contributed by atoms with Gasteiger partial charge in [-0.2, -0.15) is 4.98 Å². The van der Waals surface area contributed by atoms with Crippen LogP contribution in [-0.4, -0.2) is 32.8 Å². The van der Waals surface area contributed by atoms with Crippen LogP contribution in [0, 0.1) is 11.6 Å². The quantitative estimate of drug-likeness (QED) is 0.776. The summed E-state index contributed by atoms with van der Waals surface area (Å²) in [5, 5.41) is 14.0. The summed E-state index contributed by atoms with van der Waals surface area (Å²) in [6.07, 6.45) is -0.0201. The van der Waals surface area contributed by atoms with Crippen LogP contribution in [0.4, 0.5) is 8.78 Å². The van der Waals surface area contributed by atoms with Gasteiger partial charge < -0.3 is 9.63 Å². The predicted molar refractivity (Wildman–Crippen MR) is 89.9 cm³/mol. The largest absolute Gasteiger partial charge is 0.392 e. The van der Waals surface area contributed by atoms with E-state index in [0.29, 0.717) is 36.8 Å². The van der Waals surface area contributed by atoms with Crippen molar-refractivity contribution in [2.24, 2.45) is 0 Å². The fourth-order valence-corrected chi connectivity index (χ4v) is 3.22. The molecule has 1 aromatic heterocycles. The van der Waals surface area contributed by atoms with Crippen molar-refractivity contribution in [2.45, 2.75) is 25.1 Å². The Bertz CT molecular complexity index is 881. The average molecular weight is 357 g/mol. The molecule has 26 heavy (non-hydrogen) atoms. The van der Waals surface area contributed by atoms with Crippen molar-refractivity contribution in [2.75, 3.05) is 6.54 Å². The molecule has 0 saturated carbocycles. The minimum absolute atomic E-state index is 0.225. The average Bonchev–Trinajstić information content (AvgIpc) is 3.24. The van der Waals surface area contributed by atoms with Crippen LogP contribution in [0.2, 0.25) is 0 Å². The fraction of sp³-hybridized carbons (Fsp3) is 0.263. The number of rotatable bonds is 4. The van der Waals surface area contributed by atoms with Crippen molar-refractivity contribution in [1.82, 2.24) is 15.0 Å². The van der Waals surface area contributed by atoms with E-state index in [-0.39, 0.29) is 17.7 Å². The lowest BCUT2D eigenvalue weighted by atomic mass is 10.1. The highest BCUT2D eigenvalue weighted by atomic mass is 19.1. The number of likely N-dealkylation sites (tertiary alicyclic amines) is 1. The minimum atomic E-state index is -0.499. The molecule has 1 aliphatic heterocycles. The normalized spacial score (nSPS) is 20.6. The summed E-state index contributed by atoms with van der Waals surface area (Å²) in [4.78, 5) is 6.45. The van der Waals surface area contributed by atoms with Crippen molar-refractivity contribution in [3.8, 4) is 11.4 Å². The van der Waals surface area contributed by atoms with Gasteiger partial charge in [0.2, 0.25) is 11.7 Å². The highest BCUT2D eigenvalue weighted by Crippen LogP contribution is 2.33. The number of aromatic nitrogens is 2. The molecule has 3 aromatic rings. The second-order valence-electron chi connectivity index (χ2n) is 6.42. The summed E-state index contributed by atoms with van der Waals surface area (Å²) in [7, 11) is 0. The van der Waals surface area contributed by atoms with Gasteiger partial charge in [0.05, 0.1) is 12.1 Å². The first-order chi connectivity index (χ1) is 12.6. The summed E-state index contributed by atoms with van der Waals surface area (Å²) in [5.74, 6) is 0.167. The van der Waals surface area contributed by atoms with Crippen molar-refractivity contribution >= 4 is 0 Å².